The average molecular weight is 357 g/mol. The van der Waals surface area contributed by atoms with Gasteiger partial charge in [-0.25, -0.2) is 4.99 Å². The van der Waals surface area contributed by atoms with E-state index in [0.717, 1.165) is 5.56 Å². The molecule has 0 unspecified atom stereocenters. The van der Waals surface area contributed by atoms with E-state index in [1.165, 1.54) is 23.5 Å². The highest BCUT2D eigenvalue weighted by atomic mass is 32.1. The molecular formula is C17H15N3O4S. The number of methoxy groups -OCH3 is 2. The first kappa shape index (κ1) is 16.7. The summed E-state index contributed by atoms with van der Waals surface area (Å²) >= 11 is 1.26. The molecule has 2 aromatic carbocycles. The van der Waals surface area contributed by atoms with Gasteiger partial charge >= 0.3 is 0 Å². The highest BCUT2D eigenvalue weighted by molar-refractivity contribution is 7.18. The lowest BCUT2D eigenvalue weighted by atomic mass is 10.2. The van der Waals surface area contributed by atoms with E-state index >= 15 is 0 Å². The largest absolute Gasteiger partial charge is 0.504 e. The summed E-state index contributed by atoms with van der Waals surface area (Å²) in [5.41, 5.74) is 1.45. The molecule has 0 aliphatic carbocycles. The van der Waals surface area contributed by atoms with E-state index < -0.39 is 0 Å². The third-order valence-electron chi connectivity index (χ3n) is 3.33. The second-order valence-electron chi connectivity index (χ2n) is 5.00. The molecule has 7 nitrogen and oxygen atoms in total. The van der Waals surface area contributed by atoms with Crippen molar-refractivity contribution >= 4 is 22.7 Å². The van der Waals surface area contributed by atoms with Crippen LogP contribution >= 0.6 is 11.3 Å². The molecule has 8 heteroatoms. The number of hydrogen-bond acceptors (Lipinski definition) is 8. The zero-order valence-corrected chi connectivity index (χ0v) is 14.3. The van der Waals surface area contributed by atoms with E-state index in [2.05, 4.69) is 15.2 Å². The van der Waals surface area contributed by atoms with Crippen LogP contribution in [-0.2, 0) is 0 Å². The summed E-state index contributed by atoms with van der Waals surface area (Å²) in [7, 11) is 3.17. The molecule has 3 aromatic rings. The third-order valence-corrected chi connectivity index (χ3v) is 4.21. The third kappa shape index (κ3) is 3.86. The quantitative estimate of drug-likeness (QED) is 0.537. The molecule has 0 bridgehead atoms. The summed E-state index contributed by atoms with van der Waals surface area (Å²) in [6.45, 7) is 0. The van der Waals surface area contributed by atoms with Crippen LogP contribution in [0.3, 0.4) is 0 Å². The number of phenolic OH excluding ortho intramolecular Hbond substituents is 2. The number of aromatic nitrogens is 2. The number of rotatable bonds is 5. The highest BCUT2D eigenvalue weighted by Gasteiger charge is 2.08. The summed E-state index contributed by atoms with van der Waals surface area (Å²) in [5, 5.41) is 28.0. The van der Waals surface area contributed by atoms with Crippen molar-refractivity contribution in [3.05, 3.63) is 42.0 Å². The predicted octanol–water partition coefficient (Wildman–Crippen LogP) is 3.38. The van der Waals surface area contributed by atoms with Gasteiger partial charge in [0, 0.05) is 23.4 Å². The van der Waals surface area contributed by atoms with Gasteiger partial charge in [-0.1, -0.05) is 11.3 Å². The van der Waals surface area contributed by atoms with Gasteiger partial charge in [0.25, 0.3) is 0 Å². The van der Waals surface area contributed by atoms with Crippen LogP contribution in [0.15, 0.2) is 41.4 Å². The molecule has 25 heavy (non-hydrogen) atoms. The van der Waals surface area contributed by atoms with Gasteiger partial charge in [-0.15, -0.1) is 10.2 Å². The summed E-state index contributed by atoms with van der Waals surface area (Å²) in [5.74, 6) is 0.941. The molecule has 0 spiro atoms. The van der Waals surface area contributed by atoms with E-state index in [0.29, 0.717) is 27.2 Å². The Kier molecular flexibility index (Phi) is 4.80. The molecule has 0 fully saturated rings. The Hall–Kier alpha value is -3.13. The Balaban J connectivity index is 1.83. The first-order valence-corrected chi connectivity index (χ1v) is 8.03. The maximum atomic E-state index is 9.57. The van der Waals surface area contributed by atoms with Gasteiger partial charge in [0.2, 0.25) is 5.13 Å². The number of phenols is 2. The van der Waals surface area contributed by atoms with Crippen molar-refractivity contribution in [2.45, 2.75) is 0 Å². The number of aromatic hydroxyl groups is 2. The number of benzene rings is 2. The van der Waals surface area contributed by atoms with Crippen LogP contribution in [0, 0.1) is 0 Å². The SMILES string of the molecule is COc1cc(C=Nc2nnc(-c3ccc(O)c(O)c3)s2)cc(OC)c1. The van der Waals surface area contributed by atoms with Crippen molar-refractivity contribution in [1.82, 2.24) is 10.2 Å². The second kappa shape index (κ2) is 7.18. The van der Waals surface area contributed by atoms with Crippen LogP contribution in [0.5, 0.6) is 23.0 Å². The second-order valence-corrected chi connectivity index (χ2v) is 5.95. The number of ether oxygens (including phenoxy) is 2. The summed E-state index contributed by atoms with van der Waals surface area (Å²) < 4.78 is 10.4. The normalized spacial score (nSPS) is 11.0. The Morgan fingerprint density at radius 2 is 1.68 bits per heavy atom. The molecule has 1 aromatic heterocycles. The minimum atomic E-state index is -0.207. The monoisotopic (exact) mass is 357 g/mol. The molecule has 2 N–H and O–H groups in total. The van der Waals surface area contributed by atoms with Crippen molar-refractivity contribution in [3.63, 3.8) is 0 Å². The maximum Gasteiger partial charge on any atom is 0.231 e. The van der Waals surface area contributed by atoms with Crippen molar-refractivity contribution < 1.29 is 19.7 Å². The van der Waals surface area contributed by atoms with E-state index in [1.54, 1.807) is 32.6 Å². The zero-order valence-electron chi connectivity index (χ0n) is 13.5. The van der Waals surface area contributed by atoms with Gasteiger partial charge < -0.3 is 19.7 Å². The summed E-state index contributed by atoms with van der Waals surface area (Å²) in [6.07, 6.45) is 1.64. The Morgan fingerprint density at radius 3 is 2.32 bits per heavy atom. The summed E-state index contributed by atoms with van der Waals surface area (Å²) in [4.78, 5) is 4.31. The van der Waals surface area contributed by atoms with E-state index in [1.807, 2.05) is 12.1 Å². The lowest BCUT2D eigenvalue weighted by molar-refractivity contribution is 0.394. The molecule has 0 radical (unpaired) electrons. The Labute approximate surface area is 147 Å². The highest BCUT2D eigenvalue weighted by Crippen LogP contribution is 2.33. The van der Waals surface area contributed by atoms with Gasteiger partial charge in [0.05, 0.1) is 14.2 Å². The smallest absolute Gasteiger partial charge is 0.231 e. The maximum absolute atomic E-state index is 9.57. The lowest BCUT2D eigenvalue weighted by Crippen LogP contribution is -1.90. The molecule has 0 saturated heterocycles. The predicted molar refractivity (Wildman–Crippen MR) is 95.5 cm³/mol. The van der Waals surface area contributed by atoms with Crippen LogP contribution in [0.1, 0.15) is 5.56 Å². The summed E-state index contributed by atoms with van der Waals surface area (Å²) in [6, 6.07) is 9.90. The first-order chi connectivity index (χ1) is 12.1. The van der Waals surface area contributed by atoms with Crippen molar-refractivity contribution in [3.8, 4) is 33.6 Å². The number of nitrogens with zero attached hydrogens (tertiary/aromatic N) is 3. The average Bonchev–Trinajstić information content (AvgIpc) is 3.11. The van der Waals surface area contributed by atoms with Crippen LogP contribution < -0.4 is 9.47 Å². The molecule has 0 amide bonds. The lowest BCUT2D eigenvalue weighted by Gasteiger charge is -2.05. The molecule has 0 saturated carbocycles. The molecule has 0 aliphatic heterocycles. The Bertz CT molecular complexity index is 902. The van der Waals surface area contributed by atoms with E-state index in [-0.39, 0.29) is 11.5 Å². The van der Waals surface area contributed by atoms with Crippen molar-refractivity contribution in [1.29, 1.82) is 0 Å². The van der Waals surface area contributed by atoms with Gasteiger partial charge in [0.1, 0.15) is 16.5 Å². The van der Waals surface area contributed by atoms with Gasteiger partial charge in [0.15, 0.2) is 11.5 Å². The topological polar surface area (TPSA) is 97.1 Å². The number of hydrogen-bond donors (Lipinski definition) is 2. The van der Waals surface area contributed by atoms with Gasteiger partial charge in [-0.3, -0.25) is 0 Å². The first-order valence-electron chi connectivity index (χ1n) is 7.22. The fraction of sp³-hybridized carbons (Fsp3) is 0.118. The molecule has 0 atom stereocenters. The van der Waals surface area contributed by atoms with Gasteiger partial charge in [-0.2, -0.15) is 0 Å². The van der Waals surface area contributed by atoms with Crippen LogP contribution in [0.25, 0.3) is 10.6 Å². The Morgan fingerprint density at radius 1 is 0.960 bits per heavy atom. The fourth-order valence-corrected chi connectivity index (χ4v) is 2.76. The standard InChI is InChI=1S/C17H15N3O4S/c1-23-12-5-10(6-13(8-12)24-2)9-18-17-20-19-16(25-17)11-3-4-14(21)15(22)7-11/h3-9,21-22H,1-2H3. The van der Waals surface area contributed by atoms with E-state index in [4.69, 9.17) is 9.47 Å². The minimum Gasteiger partial charge on any atom is -0.504 e. The number of aliphatic imine (C=N–C) groups is 1. The molecular weight excluding hydrogens is 342 g/mol. The van der Waals surface area contributed by atoms with Crippen LogP contribution in [-0.4, -0.2) is 40.8 Å². The minimum absolute atomic E-state index is 0.182. The van der Waals surface area contributed by atoms with Crippen molar-refractivity contribution in [2.24, 2.45) is 4.99 Å². The van der Waals surface area contributed by atoms with Crippen LogP contribution in [0.2, 0.25) is 0 Å². The molecule has 128 valence electrons. The fourth-order valence-electron chi connectivity index (χ4n) is 2.07. The molecule has 3 rings (SSSR count). The van der Waals surface area contributed by atoms with Gasteiger partial charge in [-0.05, 0) is 30.3 Å². The zero-order chi connectivity index (χ0) is 17.8. The van der Waals surface area contributed by atoms with Crippen LogP contribution in [0.4, 0.5) is 5.13 Å². The van der Waals surface area contributed by atoms with E-state index in [9.17, 15) is 10.2 Å². The molecule has 1 heterocycles. The molecule has 0 aliphatic rings. The van der Waals surface area contributed by atoms with Crippen molar-refractivity contribution in [2.75, 3.05) is 14.2 Å².